The number of benzene rings is 1. The van der Waals surface area contributed by atoms with Crippen molar-refractivity contribution in [3.63, 3.8) is 0 Å². The molecular weight excluding hydrogens is 398 g/mol. The molecule has 1 fully saturated rings. The Kier molecular flexibility index (Phi) is 9.89. The molecule has 0 radical (unpaired) electrons. The summed E-state index contributed by atoms with van der Waals surface area (Å²) in [6.45, 7) is 9.28. The number of ether oxygens (including phenoxy) is 1. The Labute approximate surface area is 192 Å². The fourth-order valence-electron chi connectivity index (χ4n) is 3.27. The zero-order valence-corrected chi connectivity index (χ0v) is 18.6. The van der Waals surface area contributed by atoms with Crippen LogP contribution in [-0.2, 0) is 4.74 Å². The minimum absolute atomic E-state index is 0. The SMILES string of the molecule is C.CC(=O)c1c[nH]c(-c2ccnc(/C=C/c3ccc(N4CCOCC4)cc3)c2)c1.CCC. The number of H-pyrrole nitrogens is 1. The highest BCUT2D eigenvalue weighted by molar-refractivity contribution is 5.95. The number of morpholine rings is 1. The maximum Gasteiger partial charge on any atom is 0.161 e. The van der Waals surface area contributed by atoms with Crippen LogP contribution in [0.15, 0.2) is 54.9 Å². The second-order valence-corrected chi connectivity index (χ2v) is 7.56. The van der Waals surface area contributed by atoms with Crippen LogP contribution in [-0.4, -0.2) is 42.1 Å². The lowest BCUT2D eigenvalue weighted by molar-refractivity contribution is 0.101. The first-order chi connectivity index (χ1) is 15.1. The van der Waals surface area contributed by atoms with Crippen molar-refractivity contribution in [2.75, 3.05) is 31.2 Å². The smallest absolute Gasteiger partial charge is 0.161 e. The Morgan fingerprint density at radius 2 is 1.78 bits per heavy atom. The van der Waals surface area contributed by atoms with E-state index in [0.717, 1.165) is 48.8 Å². The van der Waals surface area contributed by atoms with E-state index in [-0.39, 0.29) is 13.2 Å². The fraction of sp³-hybridized carbons (Fsp3) is 0.333. The van der Waals surface area contributed by atoms with Gasteiger partial charge in [0.15, 0.2) is 5.78 Å². The quantitative estimate of drug-likeness (QED) is 0.477. The van der Waals surface area contributed by atoms with Gasteiger partial charge < -0.3 is 14.6 Å². The Hall–Kier alpha value is -3.18. The third-order valence-electron chi connectivity index (χ3n) is 4.90. The largest absolute Gasteiger partial charge is 0.378 e. The second-order valence-electron chi connectivity index (χ2n) is 7.56. The number of hydrogen-bond acceptors (Lipinski definition) is 4. The van der Waals surface area contributed by atoms with E-state index in [1.54, 1.807) is 19.3 Å². The molecule has 1 N–H and O–H groups in total. The van der Waals surface area contributed by atoms with Gasteiger partial charge in [0.25, 0.3) is 0 Å². The monoisotopic (exact) mass is 433 g/mol. The Morgan fingerprint density at radius 3 is 2.41 bits per heavy atom. The molecule has 5 heteroatoms. The van der Waals surface area contributed by atoms with Crippen molar-refractivity contribution in [1.29, 1.82) is 0 Å². The number of carbonyl (C=O) groups excluding carboxylic acids is 1. The molecule has 3 heterocycles. The molecule has 1 saturated heterocycles. The number of hydrogen-bond donors (Lipinski definition) is 1. The molecule has 4 rings (SSSR count). The fourth-order valence-corrected chi connectivity index (χ4v) is 3.27. The van der Waals surface area contributed by atoms with E-state index in [1.165, 1.54) is 12.1 Å². The normalized spacial score (nSPS) is 13.3. The summed E-state index contributed by atoms with van der Waals surface area (Å²) in [6, 6.07) is 14.4. The van der Waals surface area contributed by atoms with Gasteiger partial charge in [-0.2, -0.15) is 0 Å². The molecule has 0 saturated carbocycles. The first-order valence-electron chi connectivity index (χ1n) is 10.9. The van der Waals surface area contributed by atoms with Gasteiger partial charge in [-0.15, -0.1) is 0 Å². The van der Waals surface area contributed by atoms with Crippen molar-refractivity contribution < 1.29 is 9.53 Å². The molecule has 0 bridgehead atoms. The zero-order chi connectivity index (χ0) is 22.1. The van der Waals surface area contributed by atoms with Gasteiger partial charge in [0, 0.05) is 48.0 Å². The van der Waals surface area contributed by atoms with Crippen molar-refractivity contribution in [2.24, 2.45) is 0 Å². The van der Waals surface area contributed by atoms with E-state index in [2.05, 4.69) is 59.1 Å². The topological polar surface area (TPSA) is 58.2 Å². The highest BCUT2D eigenvalue weighted by Gasteiger charge is 2.10. The average molecular weight is 434 g/mol. The Morgan fingerprint density at radius 1 is 1.09 bits per heavy atom. The molecule has 1 aliphatic rings. The van der Waals surface area contributed by atoms with Crippen molar-refractivity contribution >= 4 is 23.6 Å². The van der Waals surface area contributed by atoms with Crippen LogP contribution in [0.1, 0.15) is 56.2 Å². The van der Waals surface area contributed by atoms with Gasteiger partial charge in [-0.3, -0.25) is 9.78 Å². The number of pyridine rings is 1. The molecule has 0 spiro atoms. The average Bonchev–Trinajstić information content (AvgIpc) is 3.30. The molecule has 0 amide bonds. The van der Waals surface area contributed by atoms with Crippen LogP contribution in [0.3, 0.4) is 0 Å². The molecule has 0 aliphatic carbocycles. The van der Waals surface area contributed by atoms with Crippen LogP contribution in [0.25, 0.3) is 23.4 Å². The van der Waals surface area contributed by atoms with Crippen molar-refractivity contribution in [3.8, 4) is 11.3 Å². The van der Waals surface area contributed by atoms with E-state index in [1.807, 2.05) is 24.3 Å². The van der Waals surface area contributed by atoms with Crippen LogP contribution in [0.4, 0.5) is 5.69 Å². The molecule has 3 aromatic rings. The van der Waals surface area contributed by atoms with Gasteiger partial charge in [-0.25, -0.2) is 0 Å². The number of aromatic nitrogens is 2. The van der Waals surface area contributed by atoms with Gasteiger partial charge >= 0.3 is 0 Å². The highest BCUT2D eigenvalue weighted by atomic mass is 16.5. The predicted octanol–water partition coefficient (Wildman–Crippen LogP) is 6.34. The molecule has 170 valence electrons. The molecule has 2 aromatic heterocycles. The molecule has 0 unspecified atom stereocenters. The van der Waals surface area contributed by atoms with E-state index in [9.17, 15) is 4.79 Å². The minimum Gasteiger partial charge on any atom is -0.378 e. The Bertz CT molecular complexity index is 1000. The number of anilines is 1. The minimum atomic E-state index is 0. The molecule has 1 aromatic carbocycles. The van der Waals surface area contributed by atoms with Gasteiger partial charge in [-0.05, 0) is 48.9 Å². The molecule has 1 aliphatic heterocycles. The predicted molar refractivity (Wildman–Crippen MR) is 135 cm³/mol. The lowest BCUT2D eigenvalue weighted by Gasteiger charge is -2.28. The van der Waals surface area contributed by atoms with Crippen LogP contribution in [0.2, 0.25) is 0 Å². The first kappa shape index (κ1) is 25.1. The molecular formula is C27H35N3O2. The zero-order valence-electron chi connectivity index (χ0n) is 18.6. The number of aromatic amines is 1. The standard InChI is InChI=1S/C23H23N3O2.C3H8.CH4/c1-17(27)20-15-23(25-16-20)19-8-9-24-21(14-19)5-2-18-3-6-22(7-4-18)26-10-12-28-13-11-26;1-3-2;/h2-9,14-16,25H,10-13H2,1H3;3H2,1-2H3;1H4/b5-2+;;. The number of rotatable bonds is 5. The molecule has 0 atom stereocenters. The summed E-state index contributed by atoms with van der Waals surface area (Å²) < 4.78 is 5.41. The molecule has 32 heavy (non-hydrogen) atoms. The number of Topliss-reactive ketones (excluding diaryl/α,β-unsaturated/α-hetero) is 1. The number of carbonyl (C=O) groups is 1. The summed E-state index contributed by atoms with van der Waals surface area (Å²) in [7, 11) is 0. The van der Waals surface area contributed by atoms with E-state index >= 15 is 0 Å². The second kappa shape index (κ2) is 12.6. The van der Waals surface area contributed by atoms with Gasteiger partial charge in [0.05, 0.1) is 18.9 Å². The number of nitrogens with one attached hydrogen (secondary N) is 1. The summed E-state index contributed by atoms with van der Waals surface area (Å²) in [5.74, 6) is 0.0530. The number of nitrogens with zero attached hydrogens (tertiary/aromatic N) is 2. The van der Waals surface area contributed by atoms with Crippen molar-refractivity contribution in [3.05, 3.63) is 71.7 Å². The summed E-state index contributed by atoms with van der Waals surface area (Å²) in [5, 5.41) is 0. The van der Waals surface area contributed by atoms with Gasteiger partial charge in [-0.1, -0.05) is 45.9 Å². The van der Waals surface area contributed by atoms with E-state index < -0.39 is 0 Å². The summed E-state index contributed by atoms with van der Waals surface area (Å²) in [4.78, 5) is 21.4. The van der Waals surface area contributed by atoms with Crippen LogP contribution in [0.5, 0.6) is 0 Å². The maximum absolute atomic E-state index is 11.5. The number of ketones is 1. The summed E-state index contributed by atoms with van der Waals surface area (Å²) in [5.41, 5.74) is 5.83. The van der Waals surface area contributed by atoms with E-state index in [0.29, 0.717) is 5.56 Å². The lowest BCUT2D eigenvalue weighted by atomic mass is 10.1. The third-order valence-corrected chi connectivity index (χ3v) is 4.90. The van der Waals surface area contributed by atoms with Gasteiger partial charge in [0.2, 0.25) is 0 Å². The van der Waals surface area contributed by atoms with Crippen LogP contribution in [0, 0.1) is 0 Å². The van der Waals surface area contributed by atoms with Crippen molar-refractivity contribution in [2.45, 2.75) is 34.6 Å². The van der Waals surface area contributed by atoms with Crippen LogP contribution >= 0.6 is 0 Å². The summed E-state index contributed by atoms with van der Waals surface area (Å²) in [6.07, 6.45) is 8.83. The third kappa shape index (κ3) is 6.92. The van der Waals surface area contributed by atoms with Crippen molar-refractivity contribution in [1.82, 2.24) is 9.97 Å². The van der Waals surface area contributed by atoms with Gasteiger partial charge in [0.1, 0.15) is 0 Å². The lowest BCUT2D eigenvalue weighted by Crippen LogP contribution is -2.36. The van der Waals surface area contributed by atoms with E-state index in [4.69, 9.17) is 4.74 Å². The Balaban J connectivity index is 0.000000860. The first-order valence-corrected chi connectivity index (χ1v) is 10.9. The van der Waals surface area contributed by atoms with Crippen LogP contribution < -0.4 is 4.90 Å². The summed E-state index contributed by atoms with van der Waals surface area (Å²) >= 11 is 0. The maximum atomic E-state index is 11.5. The molecule has 5 nitrogen and oxygen atoms in total. The highest BCUT2D eigenvalue weighted by Crippen LogP contribution is 2.21.